The Morgan fingerprint density at radius 3 is 2.22 bits per heavy atom. The minimum absolute atomic E-state index is 0.158. The molecular formula is C14H11Br3O. The van der Waals surface area contributed by atoms with E-state index >= 15 is 0 Å². The van der Waals surface area contributed by atoms with E-state index in [9.17, 15) is 0 Å². The Bertz CT molecular complexity index is 537. The standard InChI is InChI=1S/C14H11Br3O/c1-18-11-6-7-12(13(16)8-11)14(17)9-2-4-10(15)5-3-9/h2-8,14H,1H3. The first-order valence-electron chi connectivity index (χ1n) is 5.35. The molecule has 0 aliphatic carbocycles. The van der Waals surface area contributed by atoms with Gasteiger partial charge >= 0.3 is 0 Å². The first-order valence-corrected chi connectivity index (χ1v) is 7.85. The van der Waals surface area contributed by atoms with Crippen molar-refractivity contribution in [3.63, 3.8) is 0 Å². The molecule has 0 aliphatic rings. The summed E-state index contributed by atoms with van der Waals surface area (Å²) >= 11 is 10.8. The molecular weight excluding hydrogens is 424 g/mol. The summed E-state index contributed by atoms with van der Waals surface area (Å²) in [5.41, 5.74) is 2.39. The van der Waals surface area contributed by atoms with Crippen LogP contribution in [0.3, 0.4) is 0 Å². The molecule has 0 saturated heterocycles. The van der Waals surface area contributed by atoms with Crippen LogP contribution < -0.4 is 4.74 Å². The molecule has 0 bridgehead atoms. The van der Waals surface area contributed by atoms with E-state index in [-0.39, 0.29) is 4.83 Å². The fraction of sp³-hybridized carbons (Fsp3) is 0.143. The average molecular weight is 435 g/mol. The van der Waals surface area contributed by atoms with Crippen molar-refractivity contribution in [2.24, 2.45) is 0 Å². The van der Waals surface area contributed by atoms with Crippen LogP contribution in [0, 0.1) is 0 Å². The van der Waals surface area contributed by atoms with Crippen LogP contribution in [0.2, 0.25) is 0 Å². The fourth-order valence-electron chi connectivity index (χ4n) is 1.65. The lowest BCUT2D eigenvalue weighted by molar-refractivity contribution is 0.414. The van der Waals surface area contributed by atoms with E-state index < -0.39 is 0 Å². The molecule has 18 heavy (non-hydrogen) atoms. The molecule has 0 fully saturated rings. The van der Waals surface area contributed by atoms with E-state index in [4.69, 9.17) is 4.74 Å². The quantitative estimate of drug-likeness (QED) is 0.562. The number of alkyl halides is 1. The van der Waals surface area contributed by atoms with Gasteiger partial charge in [-0.25, -0.2) is 0 Å². The van der Waals surface area contributed by atoms with Crippen molar-refractivity contribution in [3.8, 4) is 5.75 Å². The summed E-state index contributed by atoms with van der Waals surface area (Å²) < 4.78 is 7.32. The Labute approximate surface area is 132 Å². The number of rotatable bonds is 3. The van der Waals surface area contributed by atoms with Crippen molar-refractivity contribution in [1.82, 2.24) is 0 Å². The van der Waals surface area contributed by atoms with Crippen LogP contribution in [-0.4, -0.2) is 7.11 Å². The second-order valence-corrected chi connectivity index (χ2v) is 6.49. The highest BCUT2D eigenvalue weighted by Gasteiger charge is 2.13. The van der Waals surface area contributed by atoms with Crippen molar-refractivity contribution >= 4 is 47.8 Å². The molecule has 4 heteroatoms. The minimum atomic E-state index is 0.158. The lowest BCUT2D eigenvalue weighted by Gasteiger charge is -2.13. The van der Waals surface area contributed by atoms with E-state index in [1.807, 2.05) is 24.3 Å². The van der Waals surface area contributed by atoms with Crippen molar-refractivity contribution in [3.05, 3.63) is 62.5 Å². The molecule has 94 valence electrons. The number of hydrogen-bond donors (Lipinski definition) is 0. The van der Waals surface area contributed by atoms with E-state index in [0.29, 0.717) is 0 Å². The molecule has 0 aliphatic heterocycles. The average Bonchev–Trinajstić information content (AvgIpc) is 2.38. The Hall–Kier alpha value is -0.320. The summed E-state index contributed by atoms with van der Waals surface area (Å²) in [7, 11) is 1.67. The Morgan fingerprint density at radius 1 is 1.00 bits per heavy atom. The van der Waals surface area contributed by atoms with Crippen LogP contribution in [0.1, 0.15) is 16.0 Å². The van der Waals surface area contributed by atoms with Crippen LogP contribution in [0.15, 0.2) is 51.4 Å². The molecule has 0 saturated carbocycles. The van der Waals surface area contributed by atoms with Gasteiger partial charge in [-0.15, -0.1) is 0 Å². The molecule has 0 N–H and O–H groups in total. The number of methoxy groups -OCH3 is 1. The molecule has 2 aromatic carbocycles. The van der Waals surface area contributed by atoms with Crippen molar-refractivity contribution < 1.29 is 4.74 Å². The molecule has 1 unspecified atom stereocenters. The zero-order valence-electron chi connectivity index (χ0n) is 9.66. The number of halogens is 3. The zero-order valence-corrected chi connectivity index (χ0v) is 14.4. The van der Waals surface area contributed by atoms with Gasteiger partial charge in [-0.1, -0.05) is 66.0 Å². The highest BCUT2D eigenvalue weighted by atomic mass is 79.9. The predicted octanol–water partition coefficient (Wildman–Crippen LogP) is 5.70. The summed E-state index contributed by atoms with van der Waals surface area (Å²) in [5, 5.41) is 0. The van der Waals surface area contributed by atoms with Crippen LogP contribution in [0.4, 0.5) is 0 Å². The Morgan fingerprint density at radius 2 is 1.67 bits per heavy atom. The lowest BCUT2D eigenvalue weighted by Crippen LogP contribution is -1.94. The largest absolute Gasteiger partial charge is 0.497 e. The van der Waals surface area contributed by atoms with Crippen LogP contribution in [-0.2, 0) is 0 Å². The van der Waals surface area contributed by atoms with Gasteiger partial charge in [0.15, 0.2) is 0 Å². The summed E-state index contributed by atoms with van der Waals surface area (Å²) in [6.45, 7) is 0. The van der Waals surface area contributed by atoms with E-state index in [2.05, 4.69) is 66.0 Å². The topological polar surface area (TPSA) is 9.23 Å². The van der Waals surface area contributed by atoms with Gasteiger partial charge in [0, 0.05) is 8.95 Å². The highest BCUT2D eigenvalue weighted by Crippen LogP contribution is 2.37. The Balaban J connectivity index is 2.33. The first kappa shape index (κ1) is 14.1. The Kier molecular flexibility index (Phi) is 4.87. The predicted molar refractivity (Wildman–Crippen MR) is 85.6 cm³/mol. The molecule has 0 radical (unpaired) electrons. The minimum Gasteiger partial charge on any atom is -0.497 e. The van der Waals surface area contributed by atoms with Crippen LogP contribution in [0.5, 0.6) is 5.75 Å². The normalized spacial score (nSPS) is 12.2. The third-order valence-electron chi connectivity index (χ3n) is 2.64. The van der Waals surface area contributed by atoms with E-state index in [1.54, 1.807) is 7.11 Å². The molecule has 1 nitrogen and oxygen atoms in total. The van der Waals surface area contributed by atoms with Gasteiger partial charge in [-0.2, -0.15) is 0 Å². The van der Waals surface area contributed by atoms with Gasteiger partial charge < -0.3 is 4.74 Å². The first-order chi connectivity index (χ1) is 8.61. The zero-order chi connectivity index (χ0) is 13.1. The summed E-state index contributed by atoms with van der Waals surface area (Å²) in [6, 6.07) is 14.3. The van der Waals surface area contributed by atoms with Crippen LogP contribution in [0.25, 0.3) is 0 Å². The van der Waals surface area contributed by atoms with Gasteiger partial charge in [0.1, 0.15) is 5.75 Å². The number of hydrogen-bond acceptors (Lipinski definition) is 1. The maximum Gasteiger partial charge on any atom is 0.120 e. The van der Waals surface area contributed by atoms with E-state index in [1.165, 1.54) is 11.1 Å². The van der Waals surface area contributed by atoms with Crippen LogP contribution >= 0.6 is 47.8 Å². The molecule has 2 aromatic rings. The SMILES string of the molecule is COc1ccc(C(Br)c2ccc(Br)cc2)c(Br)c1. The molecule has 0 spiro atoms. The maximum absolute atomic E-state index is 5.20. The van der Waals surface area contributed by atoms with Crippen molar-refractivity contribution in [2.75, 3.05) is 7.11 Å². The second kappa shape index (κ2) is 6.22. The third-order valence-corrected chi connectivity index (χ3v) is 4.88. The maximum atomic E-state index is 5.20. The number of benzene rings is 2. The highest BCUT2D eigenvalue weighted by molar-refractivity contribution is 9.11. The van der Waals surface area contributed by atoms with E-state index in [0.717, 1.165) is 14.7 Å². The number of ether oxygens (including phenoxy) is 1. The third kappa shape index (κ3) is 3.16. The van der Waals surface area contributed by atoms with Gasteiger partial charge in [0.25, 0.3) is 0 Å². The molecule has 0 amide bonds. The summed E-state index contributed by atoms with van der Waals surface area (Å²) in [4.78, 5) is 0.158. The summed E-state index contributed by atoms with van der Waals surface area (Å²) in [6.07, 6.45) is 0. The molecule has 1 atom stereocenters. The second-order valence-electron chi connectivity index (χ2n) is 3.80. The van der Waals surface area contributed by atoms with Gasteiger partial charge in [0.05, 0.1) is 11.9 Å². The monoisotopic (exact) mass is 432 g/mol. The van der Waals surface area contributed by atoms with Gasteiger partial charge in [-0.05, 0) is 35.4 Å². The summed E-state index contributed by atoms with van der Waals surface area (Å²) in [5.74, 6) is 0.848. The molecule has 0 heterocycles. The fourth-order valence-corrected chi connectivity index (χ4v) is 3.51. The lowest BCUT2D eigenvalue weighted by atomic mass is 10.0. The molecule has 0 aromatic heterocycles. The van der Waals surface area contributed by atoms with Gasteiger partial charge in [0.2, 0.25) is 0 Å². The molecule has 2 rings (SSSR count). The van der Waals surface area contributed by atoms with Gasteiger partial charge in [-0.3, -0.25) is 0 Å². The van der Waals surface area contributed by atoms with Crippen molar-refractivity contribution in [1.29, 1.82) is 0 Å². The van der Waals surface area contributed by atoms with Crippen molar-refractivity contribution in [2.45, 2.75) is 4.83 Å². The smallest absolute Gasteiger partial charge is 0.120 e.